The van der Waals surface area contributed by atoms with Gasteiger partial charge in [-0.25, -0.2) is 4.39 Å². The van der Waals surface area contributed by atoms with Gasteiger partial charge in [0.25, 0.3) is 0 Å². The largest absolute Gasteiger partial charge is 0.287 e. The van der Waals surface area contributed by atoms with Crippen LogP contribution in [0.2, 0.25) is 5.02 Å². The van der Waals surface area contributed by atoms with Crippen molar-refractivity contribution >= 4 is 17.4 Å². The second kappa shape index (κ2) is 4.06. The Kier molecular flexibility index (Phi) is 2.75. The van der Waals surface area contributed by atoms with E-state index in [1.165, 1.54) is 16.8 Å². The summed E-state index contributed by atoms with van der Waals surface area (Å²) in [5.74, 6) is -0.784. The first-order valence-corrected chi connectivity index (χ1v) is 4.95. The Balaban J connectivity index is 2.41. The standard InChI is InChI=1S/C11H8ClFN2O/c1-15-5-4-10(14-15)11(16)8-3-2-7(13)6-9(8)12/h2-6H,1H3. The van der Waals surface area contributed by atoms with Crippen molar-refractivity contribution in [2.45, 2.75) is 0 Å². The number of hydrogen-bond donors (Lipinski definition) is 0. The van der Waals surface area contributed by atoms with Gasteiger partial charge in [-0.15, -0.1) is 0 Å². The van der Waals surface area contributed by atoms with Crippen LogP contribution in [0.4, 0.5) is 4.39 Å². The van der Waals surface area contributed by atoms with Gasteiger partial charge in [0.05, 0.1) is 5.02 Å². The highest BCUT2D eigenvalue weighted by molar-refractivity contribution is 6.34. The van der Waals surface area contributed by atoms with Gasteiger partial charge in [-0.05, 0) is 24.3 Å². The van der Waals surface area contributed by atoms with Crippen LogP contribution in [-0.4, -0.2) is 15.6 Å². The Labute approximate surface area is 96.5 Å². The lowest BCUT2D eigenvalue weighted by Gasteiger charge is -2.00. The van der Waals surface area contributed by atoms with Gasteiger partial charge >= 0.3 is 0 Å². The van der Waals surface area contributed by atoms with Crippen LogP contribution in [0.3, 0.4) is 0 Å². The van der Waals surface area contributed by atoms with Crippen LogP contribution in [-0.2, 0) is 7.05 Å². The minimum atomic E-state index is -0.470. The zero-order chi connectivity index (χ0) is 11.7. The van der Waals surface area contributed by atoms with Crippen molar-refractivity contribution in [2.75, 3.05) is 0 Å². The van der Waals surface area contributed by atoms with E-state index in [9.17, 15) is 9.18 Å². The van der Waals surface area contributed by atoms with E-state index in [-0.39, 0.29) is 22.1 Å². The number of hydrogen-bond acceptors (Lipinski definition) is 2. The van der Waals surface area contributed by atoms with Crippen molar-refractivity contribution in [3.05, 3.63) is 52.6 Å². The molecule has 2 aromatic rings. The minimum Gasteiger partial charge on any atom is -0.287 e. The summed E-state index contributed by atoms with van der Waals surface area (Å²) < 4.78 is 14.3. The fraction of sp³-hybridized carbons (Fsp3) is 0.0909. The van der Waals surface area contributed by atoms with Crippen LogP contribution in [0.1, 0.15) is 16.1 Å². The maximum Gasteiger partial charge on any atom is 0.214 e. The van der Waals surface area contributed by atoms with E-state index >= 15 is 0 Å². The van der Waals surface area contributed by atoms with E-state index in [1.54, 1.807) is 19.3 Å². The Morgan fingerprint density at radius 2 is 2.19 bits per heavy atom. The lowest BCUT2D eigenvalue weighted by molar-refractivity contribution is 0.103. The van der Waals surface area contributed by atoms with Gasteiger partial charge in [0, 0.05) is 18.8 Å². The molecule has 1 aromatic heterocycles. The second-order valence-electron chi connectivity index (χ2n) is 3.33. The van der Waals surface area contributed by atoms with E-state index < -0.39 is 5.82 Å². The molecular formula is C11H8ClFN2O. The number of aryl methyl sites for hydroxylation is 1. The second-order valence-corrected chi connectivity index (χ2v) is 3.74. The number of ketones is 1. The molecule has 3 nitrogen and oxygen atoms in total. The highest BCUT2D eigenvalue weighted by atomic mass is 35.5. The number of aromatic nitrogens is 2. The summed E-state index contributed by atoms with van der Waals surface area (Å²) in [6.07, 6.45) is 1.66. The molecule has 0 amide bonds. The smallest absolute Gasteiger partial charge is 0.214 e. The normalized spacial score (nSPS) is 10.4. The SMILES string of the molecule is Cn1ccc(C(=O)c2ccc(F)cc2Cl)n1. The number of halogens is 2. The van der Waals surface area contributed by atoms with Crippen molar-refractivity contribution < 1.29 is 9.18 Å². The zero-order valence-corrected chi connectivity index (χ0v) is 9.20. The molecule has 0 spiro atoms. The van der Waals surface area contributed by atoms with E-state index in [0.29, 0.717) is 0 Å². The van der Waals surface area contributed by atoms with Crippen molar-refractivity contribution in [3.63, 3.8) is 0 Å². The number of nitrogens with zero attached hydrogens (tertiary/aromatic N) is 2. The van der Waals surface area contributed by atoms with Crippen LogP contribution in [0.25, 0.3) is 0 Å². The summed E-state index contributed by atoms with van der Waals surface area (Å²) in [5, 5.41) is 4.06. The molecule has 0 saturated heterocycles. The van der Waals surface area contributed by atoms with Crippen molar-refractivity contribution in [1.82, 2.24) is 9.78 Å². The van der Waals surface area contributed by atoms with E-state index in [1.807, 2.05) is 0 Å². The third kappa shape index (κ3) is 1.97. The molecule has 16 heavy (non-hydrogen) atoms. The minimum absolute atomic E-state index is 0.0932. The monoisotopic (exact) mass is 238 g/mol. The number of carbonyl (C=O) groups excluding carboxylic acids is 1. The van der Waals surface area contributed by atoms with E-state index in [2.05, 4.69) is 5.10 Å². The highest BCUT2D eigenvalue weighted by Gasteiger charge is 2.15. The van der Waals surface area contributed by atoms with Gasteiger partial charge in [0.2, 0.25) is 5.78 Å². The molecule has 0 bridgehead atoms. The predicted molar refractivity (Wildman–Crippen MR) is 58.1 cm³/mol. The van der Waals surface area contributed by atoms with Crippen LogP contribution >= 0.6 is 11.6 Å². The van der Waals surface area contributed by atoms with Gasteiger partial charge in [-0.2, -0.15) is 5.10 Å². The molecule has 1 aromatic carbocycles. The Morgan fingerprint density at radius 1 is 1.44 bits per heavy atom. The van der Waals surface area contributed by atoms with Gasteiger partial charge in [0.15, 0.2) is 0 Å². The third-order valence-corrected chi connectivity index (χ3v) is 2.43. The van der Waals surface area contributed by atoms with Crippen molar-refractivity contribution in [2.24, 2.45) is 7.05 Å². The molecule has 0 aliphatic heterocycles. The Bertz CT molecular complexity index is 551. The summed E-state index contributed by atoms with van der Waals surface area (Å²) in [6.45, 7) is 0. The van der Waals surface area contributed by atoms with Gasteiger partial charge in [0.1, 0.15) is 11.5 Å². The maximum absolute atomic E-state index is 12.8. The lowest BCUT2D eigenvalue weighted by Crippen LogP contribution is -2.04. The van der Waals surface area contributed by atoms with Crippen LogP contribution in [0.15, 0.2) is 30.5 Å². The molecule has 0 aliphatic carbocycles. The van der Waals surface area contributed by atoms with Gasteiger partial charge in [-0.3, -0.25) is 9.48 Å². The molecule has 1 heterocycles. The van der Waals surface area contributed by atoms with Gasteiger partial charge in [-0.1, -0.05) is 11.6 Å². The first kappa shape index (κ1) is 10.8. The molecule has 0 radical (unpaired) electrons. The number of benzene rings is 1. The first-order valence-electron chi connectivity index (χ1n) is 4.57. The third-order valence-electron chi connectivity index (χ3n) is 2.12. The number of carbonyl (C=O) groups is 1. The molecule has 0 fully saturated rings. The average molecular weight is 239 g/mol. The summed E-state index contributed by atoms with van der Waals surface area (Å²) in [5.41, 5.74) is 0.540. The summed E-state index contributed by atoms with van der Waals surface area (Å²) in [7, 11) is 1.71. The van der Waals surface area contributed by atoms with Crippen LogP contribution < -0.4 is 0 Å². The Morgan fingerprint density at radius 3 is 2.75 bits per heavy atom. The zero-order valence-electron chi connectivity index (χ0n) is 8.45. The molecule has 0 saturated carbocycles. The summed E-state index contributed by atoms with van der Waals surface area (Å²) in [6, 6.07) is 5.25. The van der Waals surface area contributed by atoms with Crippen LogP contribution in [0, 0.1) is 5.82 Å². The summed E-state index contributed by atoms with van der Waals surface area (Å²) >= 11 is 5.79. The van der Waals surface area contributed by atoms with Gasteiger partial charge < -0.3 is 0 Å². The number of rotatable bonds is 2. The fourth-order valence-electron chi connectivity index (χ4n) is 1.35. The lowest BCUT2D eigenvalue weighted by atomic mass is 10.1. The molecule has 0 unspecified atom stereocenters. The molecule has 2 rings (SSSR count). The Hall–Kier alpha value is -1.68. The van der Waals surface area contributed by atoms with E-state index in [0.717, 1.165) is 6.07 Å². The van der Waals surface area contributed by atoms with Crippen molar-refractivity contribution in [1.29, 1.82) is 0 Å². The fourth-order valence-corrected chi connectivity index (χ4v) is 1.60. The van der Waals surface area contributed by atoms with Crippen LogP contribution in [0.5, 0.6) is 0 Å². The molecule has 0 atom stereocenters. The quantitative estimate of drug-likeness (QED) is 0.754. The molecular weight excluding hydrogens is 231 g/mol. The molecule has 5 heteroatoms. The van der Waals surface area contributed by atoms with E-state index in [4.69, 9.17) is 11.6 Å². The predicted octanol–water partition coefficient (Wildman–Crippen LogP) is 2.44. The maximum atomic E-state index is 12.8. The molecule has 82 valence electrons. The summed E-state index contributed by atoms with van der Waals surface area (Å²) in [4.78, 5) is 11.9. The first-order chi connectivity index (χ1) is 7.58. The molecule has 0 N–H and O–H groups in total. The molecule has 0 aliphatic rings. The topological polar surface area (TPSA) is 34.9 Å². The highest BCUT2D eigenvalue weighted by Crippen LogP contribution is 2.19. The average Bonchev–Trinajstić information content (AvgIpc) is 2.64. The van der Waals surface area contributed by atoms with Crippen molar-refractivity contribution in [3.8, 4) is 0 Å².